The standard InChI is InChI=1S/C13H15F3N2/c1-8(2)18-11(7-17)5-9-3-4-10(6-12(9)18)13(14,15)16/h3-6,8H,7,17H2,1-2H3. The van der Waals surface area contributed by atoms with Crippen molar-refractivity contribution in [2.45, 2.75) is 32.6 Å². The van der Waals surface area contributed by atoms with E-state index in [1.807, 2.05) is 24.5 Å². The predicted octanol–water partition coefficient (Wildman–Crippen LogP) is 3.70. The maximum absolute atomic E-state index is 12.7. The molecule has 0 bridgehead atoms. The van der Waals surface area contributed by atoms with E-state index in [9.17, 15) is 13.2 Å². The zero-order chi connectivity index (χ0) is 13.5. The third-order valence-corrected chi connectivity index (χ3v) is 2.97. The summed E-state index contributed by atoms with van der Waals surface area (Å²) in [6.45, 7) is 4.17. The maximum Gasteiger partial charge on any atom is 0.416 e. The van der Waals surface area contributed by atoms with Gasteiger partial charge in [-0.25, -0.2) is 0 Å². The predicted molar refractivity (Wildman–Crippen MR) is 65.2 cm³/mol. The highest BCUT2D eigenvalue weighted by atomic mass is 19.4. The lowest BCUT2D eigenvalue weighted by molar-refractivity contribution is -0.137. The lowest BCUT2D eigenvalue weighted by atomic mass is 10.1. The van der Waals surface area contributed by atoms with Crippen LogP contribution in [-0.2, 0) is 12.7 Å². The molecule has 1 heterocycles. The van der Waals surface area contributed by atoms with Gasteiger partial charge in [-0.15, -0.1) is 0 Å². The van der Waals surface area contributed by atoms with Gasteiger partial charge in [-0.1, -0.05) is 6.07 Å². The van der Waals surface area contributed by atoms with Crippen LogP contribution in [0.5, 0.6) is 0 Å². The second-order valence-corrected chi connectivity index (χ2v) is 4.57. The van der Waals surface area contributed by atoms with Gasteiger partial charge >= 0.3 is 6.18 Å². The Morgan fingerprint density at radius 1 is 1.22 bits per heavy atom. The van der Waals surface area contributed by atoms with E-state index in [1.54, 1.807) is 0 Å². The molecule has 0 spiro atoms. The van der Waals surface area contributed by atoms with Crippen molar-refractivity contribution in [3.05, 3.63) is 35.5 Å². The van der Waals surface area contributed by atoms with Gasteiger partial charge in [-0.05, 0) is 37.4 Å². The number of hydrogen-bond acceptors (Lipinski definition) is 1. The summed E-state index contributed by atoms with van der Waals surface area (Å²) in [6, 6.07) is 5.71. The minimum Gasteiger partial charge on any atom is -0.341 e. The number of hydrogen-bond donors (Lipinski definition) is 1. The third kappa shape index (κ3) is 2.10. The molecule has 0 saturated carbocycles. The first-order chi connectivity index (χ1) is 8.34. The third-order valence-electron chi connectivity index (χ3n) is 2.97. The molecule has 1 aromatic carbocycles. The van der Waals surface area contributed by atoms with Crippen LogP contribution in [0.1, 0.15) is 31.1 Å². The van der Waals surface area contributed by atoms with Gasteiger partial charge in [-0.3, -0.25) is 0 Å². The van der Waals surface area contributed by atoms with E-state index in [4.69, 9.17) is 5.73 Å². The Hall–Kier alpha value is -1.49. The van der Waals surface area contributed by atoms with Crippen molar-refractivity contribution in [3.8, 4) is 0 Å². The monoisotopic (exact) mass is 256 g/mol. The highest BCUT2D eigenvalue weighted by Crippen LogP contribution is 2.33. The second-order valence-electron chi connectivity index (χ2n) is 4.57. The molecule has 2 N–H and O–H groups in total. The van der Waals surface area contributed by atoms with Crippen molar-refractivity contribution < 1.29 is 13.2 Å². The topological polar surface area (TPSA) is 30.9 Å². The van der Waals surface area contributed by atoms with Gasteiger partial charge in [0.05, 0.1) is 5.56 Å². The zero-order valence-corrected chi connectivity index (χ0v) is 10.3. The quantitative estimate of drug-likeness (QED) is 0.872. The molecule has 0 aliphatic rings. The normalized spacial score (nSPS) is 12.6. The van der Waals surface area contributed by atoms with Gasteiger partial charge in [0.25, 0.3) is 0 Å². The van der Waals surface area contributed by atoms with E-state index < -0.39 is 11.7 Å². The van der Waals surface area contributed by atoms with Gasteiger partial charge in [0.2, 0.25) is 0 Å². The lowest BCUT2D eigenvalue weighted by Crippen LogP contribution is -2.10. The van der Waals surface area contributed by atoms with Gasteiger partial charge < -0.3 is 10.3 Å². The van der Waals surface area contributed by atoms with Crippen molar-refractivity contribution in [1.82, 2.24) is 4.57 Å². The number of nitrogens with two attached hydrogens (primary N) is 1. The highest BCUT2D eigenvalue weighted by molar-refractivity contribution is 5.82. The van der Waals surface area contributed by atoms with Crippen LogP contribution in [0.4, 0.5) is 13.2 Å². The first-order valence-corrected chi connectivity index (χ1v) is 5.75. The van der Waals surface area contributed by atoms with Crippen LogP contribution in [0.2, 0.25) is 0 Å². The Labute approximate surface area is 103 Å². The molecule has 0 aliphatic carbocycles. The van der Waals surface area contributed by atoms with Gasteiger partial charge in [0.15, 0.2) is 0 Å². The van der Waals surface area contributed by atoms with Crippen LogP contribution in [-0.4, -0.2) is 4.57 Å². The van der Waals surface area contributed by atoms with Crippen LogP contribution in [0.3, 0.4) is 0 Å². The number of fused-ring (bicyclic) bond motifs is 1. The van der Waals surface area contributed by atoms with Crippen molar-refractivity contribution >= 4 is 10.9 Å². The van der Waals surface area contributed by atoms with E-state index in [2.05, 4.69) is 0 Å². The van der Waals surface area contributed by atoms with Crippen molar-refractivity contribution in [2.75, 3.05) is 0 Å². The molecular formula is C13H15F3N2. The minimum absolute atomic E-state index is 0.0736. The molecule has 1 aromatic heterocycles. The molecule has 0 unspecified atom stereocenters. The van der Waals surface area contributed by atoms with E-state index in [1.165, 1.54) is 12.1 Å². The van der Waals surface area contributed by atoms with E-state index in [0.717, 1.165) is 17.1 Å². The minimum atomic E-state index is -4.32. The summed E-state index contributed by atoms with van der Waals surface area (Å²) >= 11 is 0. The van der Waals surface area contributed by atoms with Gasteiger partial charge in [0, 0.05) is 23.8 Å². The molecule has 0 atom stereocenters. The summed E-state index contributed by atoms with van der Waals surface area (Å²) in [6.07, 6.45) is -4.32. The molecule has 0 aliphatic heterocycles. The smallest absolute Gasteiger partial charge is 0.341 e. The van der Waals surface area contributed by atoms with Crippen LogP contribution in [0, 0.1) is 0 Å². The Kier molecular flexibility index (Phi) is 3.11. The number of rotatable bonds is 2. The first kappa shape index (κ1) is 13.0. The molecule has 2 rings (SSSR count). The second kappa shape index (κ2) is 4.31. The van der Waals surface area contributed by atoms with E-state index >= 15 is 0 Å². The number of benzene rings is 1. The summed E-state index contributed by atoms with van der Waals surface area (Å²) in [5, 5.41) is 0.789. The number of aromatic nitrogens is 1. The first-order valence-electron chi connectivity index (χ1n) is 5.75. The number of alkyl halides is 3. The summed E-state index contributed by atoms with van der Waals surface area (Å²) in [5.74, 6) is 0. The van der Waals surface area contributed by atoms with Crippen LogP contribution in [0.25, 0.3) is 10.9 Å². The van der Waals surface area contributed by atoms with Crippen molar-refractivity contribution in [2.24, 2.45) is 5.73 Å². The highest BCUT2D eigenvalue weighted by Gasteiger charge is 2.31. The molecule has 0 amide bonds. The van der Waals surface area contributed by atoms with Crippen LogP contribution < -0.4 is 5.73 Å². The van der Waals surface area contributed by atoms with Gasteiger partial charge in [-0.2, -0.15) is 13.2 Å². The van der Waals surface area contributed by atoms with Crippen molar-refractivity contribution in [1.29, 1.82) is 0 Å². The maximum atomic E-state index is 12.7. The van der Waals surface area contributed by atoms with Crippen LogP contribution in [0.15, 0.2) is 24.3 Å². The Bertz CT molecular complexity index is 567. The molecule has 18 heavy (non-hydrogen) atoms. The summed E-state index contributed by atoms with van der Waals surface area (Å²) in [5.41, 5.74) is 6.44. The van der Waals surface area contributed by atoms with E-state index in [0.29, 0.717) is 12.1 Å². The summed E-state index contributed by atoms with van der Waals surface area (Å²) in [7, 11) is 0. The Morgan fingerprint density at radius 3 is 2.39 bits per heavy atom. The fourth-order valence-electron chi connectivity index (χ4n) is 2.22. The molecule has 2 nitrogen and oxygen atoms in total. The lowest BCUT2D eigenvalue weighted by Gasteiger charge is -2.14. The molecule has 5 heteroatoms. The average molecular weight is 256 g/mol. The molecular weight excluding hydrogens is 241 g/mol. The SMILES string of the molecule is CC(C)n1c(CN)cc2ccc(C(F)(F)F)cc21. The van der Waals surface area contributed by atoms with E-state index in [-0.39, 0.29) is 6.04 Å². The molecule has 2 aromatic rings. The fraction of sp³-hybridized carbons (Fsp3) is 0.385. The van der Waals surface area contributed by atoms with Crippen LogP contribution >= 0.6 is 0 Å². The average Bonchev–Trinajstić information content (AvgIpc) is 2.64. The summed E-state index contributed by atoms with van der Waals surface area (Å²) < 4.78 is 40.0. The number of nitrogens with zero attached hydrogens (tertiary/aromatic N) is 1. The van der Waals surface area contributed by atoms with Gasteiger partial charge in [0.1, 0.15) is 0 Å². The summed E-state index contributed by atoms with van der Waals surface area (Å²) in [4.78, 5) is 0. The number of halogens is 3. The fourth-order valence-corrected chi connectivity index (χ4v) is 2.22. The largest absolute Gasteiger partial charge is 0.416 e. The van der Waals surface area contributed by atoms with Crippen molar-refractivity contribution in [3.63, 3.8) is 0 Å². The molecule has 98 valence electrons. The molecule has 0 radical (unpaired) electrons. The Morgan fingerprint density at radius 2 is 1.89 bits per heavy atom. The molecule has 0 fully saturated rings. The molecule has 0 saturated heterocycles. The zero-order valence-electron chi connectivity index (χ0n) is 10.3. The Balaban J connectivity index is 2.71.